The second-order valence-electron chi connectivity index (χ2n) is 7.45. The third-order valence-corrected chi connectivity index (χ3v) is 6.99. The van der Waals surface area contributed by atoms with E-state index in [4.69, 9.17) is 4.74 Å². The molecule has 3 aromatic rings. The summed E-state index contributed by atoms with van der Waals surface area (Å²) >= 11 is 1.83. The Balaban J connectivity index is 1.33. The van der Waals surface area contributed by atoms with Gasteiger partial charge in [0.15, 0.2) is 0 Å². The number of hydrogen-bond acceptors (Lipinski definition) is 6. The van der Waals surface area contributed by atoms with E-state index in [0.717, 1.165) is 54.6 Å². The molecule has 0 saturated carbocycles. The first kappa shape index (κ1) is 17.8. The zero-order valence-electron chi connectivity index (χ0n) is 15.9. The second kappa shape index (κ2) is 7.29. The Bertz CT molecular complexity index is 1010. The molecule has 146 valence electrons. The number of ether oxygens (including phenoxy) is 1. The molecule has 0 N–H and O–H groups in total. The van der Waals surface area contributed by atoms with Crippen LogP contribution in [0.15, 0.2) is 24.5 Å². The zero-order chi connectivity index (χ0) is 19.1. The van der Waals surface area contributed by atoms with Gasteiger partial charge in [0, 0.05) is 43.2 Å². The molecule has 2 aromatic heterocycles. The summed E-state index contributed by atoms with van der Waals surface area (Å²) in [5.74, 6) is 1.62. The number of halogens is 1. The van der Waals surface area contributed by atoms with Gasteiger partial charge in [0.1, 0.15) is 28.5 Å². The standard InChI is InChI=1S/C21H23FN4OS/c1-27-17-6-5-15(22)11-14(17)12-25-7-9-26(10-8-25)20-19-16-3-2-4-18(16)28-21(19)24-13-23-20/h5-6,11,13H,2-4,7-10,12H2,1H3. The number of benzene rings is 1. The molecule has 2 aliphatic rings. The van der Waals surface area contributed by atoms with Crippen molar-refractivity contribution in [1.82, 2.24) is 14.9 Å². The Hall–Kier alpha value is -2.25. The van der Waals surface area contributed by atoms with E-state index in [9.17, 15) is 4.39 Å². The van der Waals surface area contributed by atoms with Gasteiger partial charge in [0.05, 0.1) is 12.5 Å². The van der Waals surface area contributed by atoms with Crippen LogP contribution < -0.4 is 9.64 Å². The van der Waals surface area contributed by atoms with Crippen LogP contribution in [0.4, 0.5) is 10.2 Å². The van der Waals surface area contributed by atoms with Gasteiger partial charge in [0.2, 0.25) is 0 Å². The Morgan fingerprint density at radius 1 is 1.14 bits per heavy atom. The molecule has 0 unspecified atom stereocenters. The molecule has 0 spiro atoms. The van der Waals surface area contributed by atoms with Crippen molar-refractivity contribution in [3.63, 3.8) is 0 Å². The van der Waals surface area contributed by atoms with Crippen molar-refractivity contribution < 1.29 is 9.13 Å². The highest BCUT2D eigenvalue weighted by Crippen LogP contribution is 2.40. The molecular formula is C21H23FN4OS. The van der Waals surface area contributed by atoms with Gasteiger partial charge >= 0.3 is 0 Å². The number of aryl methyl sites for hydroxylation is 2. The maximum absolute atomic E-state index is 13.7. The SMILES string of the molecule is COc1ccc(F)cc1CN1CCN(c2ncnc3sc4c(c23)CCC4)CC1. The molecule has 1 aliphatic heterocycles. The molecule has 0 radical (unpaired) electrons. The van der Waals surface area contributed by atoms with Crippen LogP contribution in [-0.4, -0.2) is 48.2 Å². The first-order valence-corrected chi connectivity index (χ1v) is 10.6. The number of nitrogens with zero attached hydrogens (tertiary/aromatic N) is 4. The zero-order valence-corrected chi connectivity index (χ0v) is 16.8. The Kier molecular flexibility index (Phi) is 4.64. The van der Waals surface area contributed by atoms with Crippen molar-refractivity contribution in [3.8, 4) is 5.75 Å². The fourth-order valence-electron chi connectivity index (χ4n) is 4.38. The smallest absolute Gasteiger partial charge is 0.141 e. The molecular weight excluding hydrogens is 375 g/mol. The summed E-state index contributed by atoms with van der Waals surface area (Å²) < 4.78 is 19.0. The van der Waals surface area contributed by atoms with Crippen molar-refractivity contribution >= 4 is 27.4 Å². The minimum Gasteiger partial charge on any atom is -0.496 e. The molecule has 1 aromatic carbocycles. The number of anilines is 1. The third-order valence-electron chi connectivity index (χ3n) is 5.79. The first-order valence-electron chi connectivity index (χ1n) is 9.78. The summed E-state index contributed by atoms with van der Waals surface area (Å²) in [6, 6.07) is 4.73. The number of thiophene rings is 1. The summed E-state index contributed by atoms with van der Waals surface area (Å²) in [6.45, 7) is 4.35. The van der Waals surface area contributed by atoms with Crippen molar-refractivity contribution in [1.29, 1.82) is 0 Å². The van der Waals surface area contributed by atoms with Crippen molar-refractivity contribution in [3.05, 3.63) is 46.3 Å². The summed E-state index contributed by atoms with van der Waals surface area (Å²) in [5, 5.41) is 1.28. The highest BCUT2D eigenvalue weighted by atomic mass is 32.1. The van der Waals surface area contributed by atoms with Gasteiger partial charge in [-0.25, -0.2) is 14.4 Å². The monoisotopic (exact) mass is 398 g/mol. The average molecular weight is 399 g/mol. The molecule has 0 amide bonds. The van der Waals surface area contributed by atoms with Gasteiger partial charge in [-0.2, -0.15) is 0 Å². The molecule has 7 heteroatoms. The fraction of sp³-hybridized carbons (Fsp3) is 0.429. The lowest BCUT2D eigenvalue weighted by Gasteiger charge is -2.35. The van der Waals surface area contributed by atoms with E-state index < -0.39 is 0 Å². The van der Waals surface area contributed by atoms with Crippen molar-refractivity contribution in [2.24, 2.45) is 0 Å². The Morgan fingerprint density at radius 2 is 2.00 bits per heavy atom. The van der Waals surface area contributed by atoms with Gasteiger partial charge in [-0.3, -0.25) is 4.90 Å². The van der Waals surface area contributed by atoms with Crippen LogP contribution in [0.1, 0.15) is 22.4 Å². The molecule has 0 atom stereocenters. The normalized spacial score (nSPS) is 17.3. The number of hydrogen-bond donors (Lipinski definition) is 0. The quantitative estimate of drug-likeness (QED) is 0.671. The maximum atomic E-state index is 13.7. The van der Waals surface area contributed by atoms with Crippen molar-refractivity contribution in [2.75, 3.05) is 38.2 Å². The van der Waals surface area contributed by atoms with Crippen LogP contribution in [0.2, 0.25) is 0 Å². The summed E-state index contributed by atoms with van der Waals surface area (Å²) in [5.41, 5.74) is 2.37. The van der Waals surface area contributed by atoms with E-state index in [1.807, 2.05) is 11.3 Å². The summed E-state index contributed by atoms with van der Waals surface area (Å²) in [7, 11) is 1.63. The van der Waals surface area contributed by atoms with Crippen LogP contribution in [-0.2, 0) is 19.4 Å². The van der Waals surface area contributed by atoms with E-state index in [-0.39, 0.29) is 5.82 Å². The van der Waals surface area contributed by atoms with Crippen LogP contribution >= 0.6 is 11.3 Å². The van der Waals surface area contributed by atoms with E-state index in [0.29, 0.717) is 6.54 Å². The molecule has 0 bridgehead atoms. The van der Waals surface area contributed by atoms with Gasteiger partial charge in [-0.15, -0.1) is 11.3 Å². The number of piperazine rings is 1. The lowest BCUT2D eigenvalue weighted by molar-refractivity contribution is 0.245. The van der Waals surface area contributed by atoms with E-state index in [1.54, 1.807) is 25.6 Å². The highest BCUT2D eigenvalue weighted by Gasteiger charge is 2.26. The van der Waals surface area contributed by atoms with E-state index in [1.165, 1.54) is 34.7 Å². The van der Waals surface area contributed by atoms with Crippen molar-refractivity contribution in [2.45, 2.75) is 25.8 Å². The maximum Gasteiger partial charge on any atom is 0.141 e. The summed E-state index contributed by atoms with van der Waals surface area (Å²) in [6.07, 6.45) is 5.27. The number of rotatable bonds is 4. The van der Waals surface area contributed by atoms with Gasteiger partial charge in [-0.1, -0.05) is 0 Å². The van der Waals surface area contributed by atoms with Gasteiger partial charge in [-0.05, 0) is 43.0 Å². The van der Waals surface area contributed by atoms with Crippen LogP contribution in [0.3, 0.4) is 0 Å². The topological polar surface area (TPSA) is 41.5 Å². The average Bonchev–Trinajstić information content (AvgIpc) is 3.30. The summed E-state index contributed by atoms with van der Waals surface area (Å²) in [4.78, 5) is 16.5. The number of fused-ring (bicyclic) bond motifs is 3. The molecule has 3 heterocycles. The fourth-order valence-corrected chi connectivity index (χ4v) is 5.60. The largest absolute Gasteiger partial charge is 0.496 e. The molecule has 5 nitrogen and oxygen atoms in total. The van der Waals surface area contributed by atoms with Crippen LogP contribution in [0, 0.1) is 5.82 Å². The van der Waals surface area contributed by atoms with Crippen LogP contribution in [0.5, 0.6) is 5.75 Å². The molecule has 1 saturated heterocycles. The molecule has 1 fully saturated rings. The third kappa shape index (κ3) is 3.12. The molecule has 5 rings (SSSR count). The Labute approximate surface area is 167 Å². The first-order chi connectivity index (χ1) is 13.7. The second-order valence-corrected chi connectivity index (χ2v) is 8.54. The Morgan fingerprint density at radius 3 is 2.82 bits per heavy atom. The number of aromatic nitrogens is 2. The van der Waals surface area contributed by atoms with E-state index in [2.05, 4.69) is 19.8 Å². The van der Waals surface area contributed by atoms with Gasteiger partial charge in [0.25, 0.3) is 0 Å². The predicted molar refractivity (Wildman–Crippen MR) is 110 cm³/mol. The van der Waals surface area contributed by atoms with Crippen LogP contribution in [0.25, 0.3) is 10.2 Å². The predicted octanol–water partition coefficient (Wildman–Crippen LogP) is 3.65. The minimum atomic E-state index is -0.218. The van der Waals surface area contributed by atoms with Gasteiger partial charge < -0.3 is 9.64 Å². The molecule has 28 heavy (non-hydrogen) atoms. The molecule has 1 aliphatic carbocycles. The van der Waals surface area contributed by atoms with E-state index >= 15 is 0 Å². The highest BCUT2D eigenvalue weighted by molar-refractivity contribution is 7.19. The lowest BCUT2D eigenvalue weighted by Crippen LogP contribution is -2.46. The lowest BCUT2D eigenvalue weighted by atomic mass is 10.1. The number of methoxy groups -OCH3 is 1. The minimum absolute atomic E-state index is 0.218.